The van der Waals surface area contributed by atoms with Gasteiger partial charge in [0.05, 0.1) is 10.9 Å². The van der Waals surface area contributed by atoms with Gasteiger partial charge in [0, 0.05) is 36.6 Å². The number of nitrogens with zero attached hydrogens (tertiary/aromatic N) is 1. The molecule has 2 aromatic carbocycles. The quantitative estimate of drug-likeness (QED) is 0.683. The van der Waals surface area contributed by atoms with Crippen molar-refractivity contribution in [3.63, 3.8) is 0 Å². The molecule has 1 unspecified atom stereocenters. The smallest absolute Gasteiger partial charge is 0.257 e. The van der Waals surface area contributed by atoms with Crippen molar-refractivity contribution >= 4 is 22.7 Å². The summed E-state index contributed by atoms with van der Waals surface area (Å²) in [5, 5.41) is 0.393. The van der Waals surface area contributed by atoms with Crippen LogP contribution in [0.4, 0.5) is 0 Å². The number of amides is 1. The summed E-state index contributed by atoms with van der Waals surface area (Å²) in [7, 11) is 0. The average molecular weight is 375 g/mol. The first-order valence-corrected chi connectivity index (χ1v) is 9.41. The number of hydrogen-bond donors (Lipinski definition) is 0. The maximum Gasteiger partial charge on any atom is 0.257 e. The number of carbonyl (C=O) groups is 2. The predicted octanol–water partition coefficient (Wildman–Crippen LogP) is 3.82. The van der Waals surface area contributed by atoms with Gasteiger partial charge in [0.2, 0.25) is 0 Å². The fourth-order valence-corrected chi connectivity index (χ4v) is 3.71. The molecular weight excluding hydrogens is 354 g/mol. The van der Waals surface area contributed by atoms with Gasteiger partial charge in [-0.15, -0.1) is 0 Å². The Morgan fingerprint density at radius 3 is 2.54 bits per heavy atom. The van der Waals surface area contributed by atoms with Gasteiger partial charge in [-0.05, 0) is 19.1 Å². The predicted molar refractivity (Wildman–Crippen MR) is 107 cm³/mol. The zero-order chi connectivity index (χ0) is 19.8. The highest BCUT2D eigenvalue weighted by Crippen LogP contribution is 2.28. The van der Waals surface area contributed by atoms with E-state index in [0.29, 0.717) is 47.4 Å². The van der Waals surface area contributed by atoms with Crippen LogP contribution in [-0.2, 0) is 4.79 Å². The van der Waals surface area contributed by atoms with Crippen molar-refractivity contribution in [1.82, 2.24) is 4.90 Å². The number of ketones is 1. The summed E-state index contributed by atoms with van der Waals surface area (Å²) >= 11 is 0. The molecule has 1 fully saturated rings. The zero-order valence-corrected chi connectivity index (χ0v) is 15.9. The number of para-hydroxylation sites is 1. The van der Waals surface area contributed by atoms with Crippen LogP contribution >= 0.6 is 0 Å². The molecule has 2 heterocycles. The standard InChI is InChI=1S/C23H21NO4/c1-14-13-24(12-11-19(14)25)23(27)18-10-6-9-17-20(26)15(2)21(28-22(17)18)16-7-4-3-5-8-16/h3-10,14H,11-13H2,1-2H3. The molecule has 3 aromatic rings. The van der Waals surface area contributed by atoms with E-state index in [9.17, 15) is 14.4 Å². The molecule has 1 saturated heterocycles. The fraction of sp³-hybridized carbons (Fsp3) is 0.261. The lowest BCUT2D eigenvalue weighted by Crippen LogP contribution is -2.43. The molecule has 0 radical (unpaired) electrons. The largest absolute Gasteiger partial charge is 0.455 e. The Labute approximate surface area is 162 Å². The molecule has 1 aliphatic rings. The lowest BCUT2D eigenvalue weighted by molar-refractivity contribution is -0.124. The van der Waals surface area contributed by atoms with E-state index in [-0.39, 0.29) is 23.0 Å². The minimum Gasteiger partial charge on any atom is -0.455 e. The minimum atomic E-state index is -0.212. The van der Waals surface area contributed by atoms with E-state index in [1.807, 2.05) is 37.3 Å². The monoisotopic (exact) mass is 375 g/mol. The van der Waals surface area contributed by atoms with E-state index in [1.54, 1.807) is 30.0 Å². The highest BCUT2D eigenvalue weighted by atomic mass is 16.3. The number of hydrogen-bond acceptors (Lipinski definition) is 4. The molecular formula is C23H21NO4. The molecule has 1 aliphatic heterocycles. The van der Waals surface area contributed by atoms with E-state index < -0.39 is 0 Å². The van der Waals surface area contributed by atoms with Crippen LogP contribution in [-0.4, -0.2) is 29.7 Å². The second kappa shape index (κ2) is 7.08. The molecule has 5 heteroatoms. The van der Waals surface area contributed by atoms with Crippen molar-refractivity contribution in [3.8, 4) is 11.3 Å². The van der Waals surface area contributed by atoms with Crippen molar-refractivity contribution < 1.29 is 14.0 Å². The van der Waals surface area contributed by atoms with Gasteiger partial charge >= 0.3 is 0 Å². The molecule has 0 aliphatic carbocycles. The van der Waals surface area contributed by atoms with Crippen LogP contribution in [0.5, 0.6) is 0 Å². The van der Waals surface area contributed by atoms with Gasteiger partial charge in [0.15, 0.2) is 11.0 Å². The first-order chi connectivity index (χ1) is 13.5. The molecule has 1 atom stereocenters. The van der Waals surface area contributed by atoms with E-state index in [0.717, 1.165) is 5.56 Å². The number of piperidine rings is 1. The second-order valence-electron chi connectivity index (χ2n) is 7.30. The van der Waals surface area contributed by atoms with E-state index in [4.69, 9.17) is 4.42 Å². The SMILES string of the molecule is Cc1c(-c2ccccc2)oc2c(C(=O)N3CCC(=O)C(C)C3)cccc2c1=O. The highest BCUT2D eigenvalue weighted by molar-refractivity contribution is 6.05. The van der Waals surface area contributed by atoms with Crippen molar-refractivity contribution in [2.75, 3.05) is 13.1 Å². The van der Waals surface area contributed by atoms with E-state index in [2.05, 4.69) is 0 Å². The fourth-order valence-electron chi connectivity index (χ4n) is 3.71. The number of Topliss-reactive ketones (excluding diaryl/α,β-unsaturated/α-hetero) is 1. The van der Waals surface area contributed by atoms with Crippen LogP contribution in [0.2, 0.25) is 0 Å². The van der Waals surface area contributed by atoms with E-state index >= 15 is 0 Å². The molecule has 0 spiro atoms. The molecule has 1 amide bonds. The Morgan fingerprint density at radius 1 is 1.07 bits per heavy atom. The lowest BCUT2D eigenvalue weighted by atomic mass is 9.97. The van der Waals surface area contributed by atoms with Gasteiger partial charge in [0.1, 0.15) is 11.5 Å². The molecule has 28 heavy (non-hydrogen) atoms. The molecule has 1 aromatic heterocycles. The molecule has 0 N–H and O–H groups in total. The van der Waals surface area contributed by atoms with Crippen LogP contribution in [0.1, 0.15) is 29.3 Å². The van der Waals surface area contributed by atoms with Crippen LogP contribution in [0, 0.1) is 12.8 Å². The first kappa shape index (κ1) is 18.2. The average Bonchev–Trinajstić information content (AvgIpc) is 2.72. The Bertz CT molecular complexity index is 1130. The summed E-state index contributed by atoms with van der Waals surface area (Å²) in [6, 6.07) is 14.5. The Balaban J connectivity index is 1.86. The number of carbonyl (C=O) groups excluding carboxylic acids is 2. The number of likely N-dealkylation sites (tertiary alicyclic amines) is 1. The van der Waals surface area contributed by atoms with Crippen molar-refractivity contribution in [2.45, 2.75) is 20.3 Å². The number of fused-ring (bicyclic) bond motifs is 1. The maximum atomic E-state index is 13.2. The summed E-state index contributed by atoms with van der Waals surface area (Å²) in [5.74, 6) is 0.258. The third kappa shape index (κ3) is 3.03. The highest BCUT2D eigenvalue weighted by Gasteiger charge is 2.29. The molecule has 0 saturated carbocycles. The maximum absolute atomic E-state index is 13.2. The van der Waals surface area contributed by atoms with Gasteiger partial charge in [-0.25, -0.2) is 0 Å². The Hall–Kier alpha value is -3.21. The Morgan fingerprint density at radius 2 is 1.82 bits per heavy atom. The molecule has 5 nitrogen and oxygen atoms in total. The summed E-state index contributed by atoms with van der Waals surface area (Å²) in [5.41, 5.74) is 1.82. The van der Waals surface area contributed by atoms with Gasteiger partial charge in [-0.3, -0.25) is 14.4 Å². The van der Waals surface area contributed by atoms with Crippen molar-refractivity contribution in [1.29, 1.82) is 0 Å². The van der Waals surface area contributed by atoms with Gasteiger partial charge in [-0.2, -0.15) is 0 Å². The summed E-state index contributed by atoms with van der Waals surface area (Å²) in [6.45, 7) is 4.34. The van der Waals surface area contributed by atoms with Crippen LogP contribution in [0.3, 0.4) is 0 Å². The second-order valence-corrected chi connectivity index (χ2v) is 7.30. The van der Waals surface area contributed by atoms with E-state index in [1.165, 1.54) is 0 Å². The van der Waals surface area contributed by atoms with Gasteiger partial charge < -0.3 is 9.32 Å². The van der Waals surface area contributed by atoms with Crippen LogP contribution in [0.15, 0.2) is 57.7 Å². The van der Waals surface area contributed by atoms with Gasteiger partial charge in [-0.1, -0.05) is 43.3 Å². The Kier molecular flexibility index (Phi) is 4.59. The topological polar surface area (TPSA) is 67.6 Å². The third-order valence-corrected chi connectivity index (χ3v) is 5.37. The van der Waals surface area contributed by atoms with Crippen LogP contribution in [0.25, 0.3) is 22.3 Å². The molecule has 4 rings (SSSR count). The zero-order valence-electron chi connectivity index (χ0n) is 15.9. The summed E-state index contributed by atoms with van der Waals surface area (Å²) in [4.78, 5) is 39.6. The minimum absolute atomic E-state index is 0.142. The first-order valence-electron chi connectivity index (χ1n) is 9.41. The van der Waals surface area contributed by atoms with Crippen LogP contribution < -0.4 is 5.43 Å². The number of rotatable bonds is 2. The summed E-state index contributed by atoms with van der Waals surface area (Å²) in [6.07, 6.45) is 0.357. The normalized spacial score (nSPS) is 17.1. The van der Waals surface area contributed by atoms with Crippen molar-refractivity contribution in [3.05, 3.63) is 69.9 Å². The number of benzene rings is 2. The molecule has 0 bridgehead atoms. The van der Waals surface area contributed by atoms with Gasteiger partial charge in [0.25, 0.3) is 5.91 Å². The van der Waals surface area contributed by atoms with Crippen molar-refractivity contribution in [2.24, 2.45) is 5.92 Å². The lowest BCUT2D eigenvalue weighted by Gasteiger charge is -2.30. The summed E-state index contributed by atoms with van der Waals surface area (Å²) < 4.78 is 6.14. The third-order valence-electron chi connectivity index (χ3n) is 5.37. The molecule has 142 valence electrons.